The average molecular weight is 287 g/mol. The Morgan fingerprint density at radius 1 is 0.944 bits per heavy atom. The van der Waals surface area contributed by atoms with E-state index in [9.17, 15) is 45.4 Å². The number of nitrogens with one attached hydrogen (secondary N) is 2. The lowest BCUT2D eigenvalue weighted by molar-refractivity contribution is -0.359. The topological polar surface area (TPSA) is 87.3 Å². The summed E-state index contributed by atoms with van der Waals surface area (Å²) in [7, 11) is 0. The highest BCUT2D eigenvalue weighted by molar-refractivity contribution is 5.71. The standard InChI is InChI=1S/C5H2F7N2O4/c6-3(7,4(8,9)10)5(11,12)13-2(17)18-14-1(15)16/h14H,(H,13,17). The molecule has 0 rings (SSSR count). The Hall–Kier alpha value is -1.95. The monoisotopic (exact) mass is 287 g/mol. The smallest absolute Gasteiger partial charge is 0.318 e. The summed E-state index contributed by atoms with van der Waals surface area (Å²) in [6.07, 6.45) is -11.6. The number of rotatable bonds is 2. The van der Waals surface area contributed by atoms with Crippen molar-refractivity contribution in [3.05, 3.63) is 0 Å². The Bertz CT molecular complexity index is 341. The van der Waals surface area contributed by atoms with Crippen molar-refractivity contribution in [1.82, 2.24) is 10.8 Å². The molecule has 0 spiro atoms. The van der Waals surface area contributed by atoms with Gasteiger partial charge in [-0.05, 0) is 0 Å². The minimum atomic E-state index is -6.65. The van der Waals surface area contributed by atoms with E-state index in [0.717, 1.165) is 0 Å². The number of hydrogen-bond donors (Lipinski definition) is 2. The summed E-state index contributed by atoms with van der Waals surface area (Å²) in [6.45, 7) is 0. The summed E-state index contributed by atoms with van der Waals surface area (Å²) in [5.74, 6) is -6.58. The first-order chi connectivity index (χ1) is 7.81. The normalized spacial score (nSPS) is 12.8. The highest BCUT2D eigenvalue weighted by atomic mass is 19.4. The van der Waals surface area contributed by atoms with Crippen LogP contribution in [0.5, 0.6) is 0 Å². The zero-order chi connectivity index (χ0) is 14.8. The molecule has 18 heavy (non-hydrogen) atoms. The molecule has 0 aromatic heterocycles. The fraction of sp³-hybridized carbons (Fsp3) is 0.600. The summed E-state index contributed by atoms with van der Waals surface area (Å²) in [5.41, 5.74) is 0.592. The maximum atomic E-state index is 12.4. The molecule has 6 nitrogen and oxygen atoms in total. The molecule has 0 bridgehead atoms. The molecule has 0 aromatic rings. The molecule has 0 saturated carbocycles. The van der Waals surface area contributed by atoms with Gasteiger partial charge in [0.2, 0.25) is 0 Å². The number of hydroxylamine groups is 1. The molecule has 2 amide bonds. The van der Waals surface area contributed by atoms with Crippen LogP contribution < -0.4 is 10.8 Å². The van der Waals surface area contributed by atoms with Crippen molar-refractivity contribution < 1.29 is 50.3 Å². The molecule has 0 aliphatic carbocycles. The lowest BCUT2D eigenvalue weighted by atomic mass is 10.3. The minimum absolute atomic E-state index is 0.160. The molecule has 1 radical (unpaired) electrons. The maximum absolute atomic E-state index is 12.4. The Balaban J connectivity index is 4.75. The van der Waals surface area contributed by atoms with Crippen LogP contribution in [0.4, 0.5) is 40.3 Å². The predicted molar refractivity (Wildman–Crippen MR) is 34.8 cm³/mol. The van der Waals surface area contributed by atoms with Crippen molar-refractivity contribution in [2.24, 2.45) is 0 Å². The molecular weight excluding hydrogens is 285 g/mol. The first kappa shape index (κ1) is 16.1. The lowest BCUT2D eigenvalue weighted by Crippen LogP contribution is -2.61. The summed E-state index contributed by atoms with van der Waals surface area (Å²) >= 11 is 0. The molecule has 0 saturated heterocycles. The maximum Gasteiger partial charge on any atom is 0.483 e. The molecule has 0 atom stereocenters. The van der Waals surface area contributed by atoms with E-state index in [1.807, 2.05) is 0 Å². The third-order valence-electron chi connectivity index (χ3n) is 1.24. The van der Waals surface area contributed by atoms with E-state index >= 15 is 0 Å². The molecule has 2 N–H and O–H groups in total. The van der Waals surface area contributed by atoms with Crippen molar-refractivity contribution in [3.63, 3.8) is 0 Å². The molecular formula is C5H2F7N2O4. The van der Waals surface area contributed by atoms with Gasteiger partial charge in [-0.3, -0.25) is 5.32 Å². The van der Waals surface area contributed by atoms with Crippen molar-refractivity contribution in [3.8, 4) is 0 Å². The van der Waals surface area contributed by atoms with Crippen LogP contribution in [-0.4, -0.2) is 30.3 Å². The Labute approximate surface area is 92.6 Å². The SMILES string of the molecule is [O]C(=O)NOC(=O)NC(F)(F)C(F)(F)C(F)(F)F. The number of carbonyl (C=O) groups excluding carboxylic acids is 2. The second-order valence-corrected chi connectivity index (χ2v) is 2.55. The van der Waals surface area contributed by atoms with Crippen LogP contribution in [0, 0.1) is 0 Å². The highest BCUT2D eigenvalue weighted by Gasteiger charge is 2.74. The number of carbonyl (C=O) groups is 2. The summed E-state index contributed by atoms with van der Waals surface area (Å²) in [4.78, 5) is 23.0. The molecule has 0 aromatic carbocycles. The number of alkyl halides is 7. The Kier molecular flexibility index (Phi) is 4.22. The van der Waals surface area contributed by atoms with Gasteiger partial charge < -0.3 is 4.84 Å². The van der Waals surface area contributed by atoms with Crippen molar-refractivity contribution in [1.29, 1.82) is 0 Å². The lowest BCUT2D eigenvalue weighted by Gasteiger charge is -2.27. The van der Waals surface area contributed by atoms with Crippen LogP contribution >= 0.6 is 0 Å². The van der Waals surface area contributed by atoms with Gasteiger partial charge in [0.05, 0.1) is 0 Å². The van der Waals surface area contributed by atoms with Crippen LogP contribution in [0.2, 0.25) is 0 Å². The van der Waals surface area contributed by atoms with Gasteiger partial charge in [0.15, 0.2) is 0 Å². The largest absolute Gasteiger partial charge is 0.483 e. The third kappa shape index (κ3) is 3.53. The van der Waals surface area contributed by atoms with Gasteiger partial charge in [-0.2, -0.15) is 30.7 Å². The van der Waals surface area contributed by atoms with E-state index in [1.54, 1.807) is 0 Å². The number of amides is 2. The molecule has 0 unspecified atom stereocenters. The van der Waals surface area contributed by atoms with Gasteiger partial charge >= 0.3 is 30.3 Å². The summed E-state index contributed by atoms with van der Waals surface area (Å²) in [6, 6.07) is -6.05. The van der Waals surface area contributed by atoms with Crippen LogP contribution in [0.1, 0.15) is 0 Å². The van der Waals surface area contributed by atoms with E-state index in [4.69, 9.17) is 0 Å². The summed E-state index contributed by atoms with van der Waals surface area (Å²) < 4.78 is 83.8. The van der Waals surface area contributed by atoms with Gasteiger partial charge in [0.25, 0.3) is 0 Å². The van der Waals surface area contributed by atoms with Gasteiger partial charge in [0, 0.05) is 0 Å². The molecule has 0 aliphatic heterocycles. The number of halogens is 7. The van der Waals surface area contributed by atoms with Gasteiger partial charge in [-0.1, -0.05) is 0 Å². The fourth-order valence-electron chi connectivity index (χ4n) is 0.498. The van der Waals surface area contributed by atoms with Gasteiger partial charge in [-0.15, -0.1) is 5.48 Å². The van der Waals surface area contributed by atoms with E-state index in [0.29, 0.717) is 5.48 Å². The zero-order valence-electron chi connectivity index (χ0n) is 7.78. The van der Waals surface area contributed by atoms with Crippen LogP contribution in [-0.2, 0) is 9.94 Å². The average Bonchev–Trinajstić information content (AvgIpc) is 2.11. The van der Waals surface area contributed by atoms with E-state index in [-0.39, 0.29) is 5.32 Å². The van der Waals surface area contributed by atoms with E-state index < -0.39 is 30.3 Å². The van der Waals surface area contributed by atoms with Crippen LogP contribution in [0.25, 0.3) is 0 Å². The predicted octanol–water partition coefficient (Wildman–Crippen LogP) is 1.56. The molecule has 0 fully saturated rings. The van der Waals surface area contributed by atoms with Crippen molar-refractivity contribution in [2.45, 2.75) is 18.1 Å². The Morgan fingerprint density at radius 3 is 1.72 bits per heavy atom. The third-order valence-corrected chi connectivity index (χ3v) is 1.24. The second-order valence-electron chi connectivity index (χ2n) is 2.55. The van der Waals surface area contributed by atoms with Crippen LogP contribution in [0.15, 0.2) is 0 Å². The number of hydrogen-bond acceptors (Lipinski definition) is 3. The zero-order valence-corrected chi connectivity index (χ0v) is 7.78. The fourth-order valence-corrected chi connectivity index (χ4v) is 0.498. The van der Waals surface area contributed by atoms with Crippen molar-refractivity contribution >= 4 is 12.2 Å². The minimum Gasteiger partial charge on any atom is -0.318 e. The molecule has 105 valence electrons. The molecule has 0 aliphatic rings. The van der Waals surface area contributed by atoms with E-state index in [1.165, 1.54) is 0 Å². The van der Waals surface area contributed by atoms with Gasteiger partial charge in [-0.25, -0.2) is 14.7 Å². The van der Waals surface area contributed by atoms with Crippen LogP contribution in [0.3, 0.4) is 0 Å². The quantitative estimate of drug-likeness (QED) is 0.459. The van der Waals surface area contributed by atoms with Gasteiger partial charge in [0.1, 0.15) is 0 Å². The molecule has 13 heteroatoms. The second kappa shape index (κ2) is 4.73. The van der Waals surface area contributed by atoms with Crippen molar-refractivity contribution in [2.75, 3.05) is 0 Å². The first-order valence-corrected chi connectivity index (χ1v) is 3.59. The first-order valence-electron chi connectivity index (χ1n) is 3.59. The highest BCUT2D eigenvalue weighted by Crippen LogP contribution is 2.44. The summed E-state index contributed by atoms with van der Waals surface area (Å²) in [5, 5.41) is 9.42. The Morgan fingerprint density at radius 2 is 1.39 bits per heavy atom. The van der Waals surface area contributed by atoms with E-state index in [2.05, 4.69) is 4.84 Å². The molecule has 0 heterocycles.